The lowest BCUT2D eigenvalue weighted by Gasteiger charge is -2.28. The molecule has 0 amide bonds. The van der Waals surface area contributed by atoms with Crippen molar-refractivity contribution in [3.8, 4) is 0 Å². The molecule has 1 aliphatic heterocycles. The Morgan fingerprint density at radius 3 is 2.71 bits per heavy atom. The number of hydrogen-bond acceptors (Lipinski definition) is 4. The van der Waals surface area contributed by atoms with Gasteiger partial charge in [-0.15, -0.1) is 0 Å². The molecule has 1 heterocycles. The van der Waals surface area contributed by atoms with Gasteiger partial charge in [0.25, 0.3) is 0 Å². The van der Waals surface area contributed by atoms with Crippen LogP contribution in [0.15, 0.2) is 23.1 Å². The normalized spacial score (nSPS) is 18.6. The van der Waals surface area contributed by atoms with Crippen LogP contribution in [0.5, 0.6) is 0 Å². The van der Waals surface area contributed by atoms with Crippen LogP contribution in [0.2, 0.25) is 0 Å². The number of halogens is 1. The van der Waals surface area contributed by atoms with Crippen LogP contribution in [-0.2, 0) is 21.3 Å². The Morgan fingerprint density at radius 1 is 1.43 bits per heavy atom. The molecular weight excluding hydrogens is 295 g/mol. The standard InChI is InChI=1S/C14H21FN2O3S/c1-10(11-4-6-20-7-5-11)17-21(18,19)13-2-3-14(15)12(8-13)9-16/h2-3,8,10-11,17H,4-7,9,16H2,1H3. The molecule has 118 valence electrons. The maximum atomic E-state index is 13.4. The third-order valence-electron chi connectivity index (χ3n) is 3.86. The zero-order valence-electron chi connectivity index (χ0n) is 12.0. The zero-order chi connectivity index (χ0) is 15.5. The molecule has 1 aromatic carbocycles. The minimum absolute atomic E-state index is 0.0370. The first-order valence-electron chi connectivity index (χ1n) is 7.02. The van der Waals surface area contributed by atoms with Gasteiger partial charge in [0, 0.05) is 31.4 Å². The second-order valence-corrected chi connectivity index (χ2v) is 7.03. The van der Waals surface area contributed by atoms with Gasteiger partial charge in [0.15, 0.2) is 0 Å². The quantitative estimate of drug-likeness (QED) is 0.860. The average molecular weight is 316 g/mol. The largest absolute Gasteiger partial charge is 0.381 e. The van der Waals surface area contributed by atoms with E-state index in [4.69, 9.17) is 10.5 Å². The number of sulfonamides is 1. The van der Waals surface area contributed by atoms with Crippen LogP contribution in [0.25, 0.3) is 0 Å². The van der Waals surface area contributed by atoms with Crippen LogP contribution >= 0.6 is 0 Å². The van der Waals surface area contributed by atoms with Gasteiger partial charge in [-0.3, -0.25) is 0 Å². The van der Waals surface area contributed by atoms with Crippen LogP contribution < -0.4 is 10.5 Å². The van der Waals surface area contributed by atoms with Crippen LogP contribution in [0.4, 0.5) is 4.39 Å². The number of rotatable bonds is 5. The summed E-state index contributed by atoms with van der Waals surface area (Å²) in [6.07, 6.45) is 1.67. The van der Waals surface area contributed by atoms with Crippen molar-refractivity contribution < 1.29 is 17.5 Å². The van der Waals surface area contributed by atoms with Crippen molar-refractivity contribution in [1.29, 1.82) is 0 Å². The van der Waals surface area contributed by atoms with Gasteiger partial charge in [0.05, 0.1) is 4.90 Å². The number of nitrogens with one attached hydrogen (secondary N) is 1. The third kappa shape index (κ3) is 4.00. The summed E-state index contributed by atoms with van der Waals surface area (Å²) in [6.45, 7) is 3.13. The van der Waals surface area contributed by atoms with E-state index in [0.29, 0.717) is 13.2 Å². The van der Waals surface area contributed by atoms with Crippen LogP contribution in [0, 0.1) is 11.7 Å². The summed E-state index contributed by atoms with van der Waals surface area (Å²) >= 11 is 0. The Morgan fingerprint density at radius 2 is 2.10 bits per heavy atom. The minimum atomic E-state index is -3.67. The fourth-order valence-electron chi connectivity index (χ4n) is 2.50. The minimum Gasteiger partial charge on any atom is -0.381 e. The first-order valence-corrected chi connectivity index (χ1v) is 8.51. The van der Waals surface area contributed by atoms with Crippen LogP contribution in [0.1, 0.15) is 25.3 Å². The predicted octanol–water partition coefficient (Wildman–Crippen LogP) is 1.38. The highest BCUT2D eigenvalue weighted by atomic mass is 32.2. The smallest absolute Gasteiger partial charge is 0.240 e. The predicted molar refractivity (Wildman–Crippen MR) is 77.6 cm³/mol. The average Bonchev–Trinajstić information content (AvgIpc) is 2.48. The molecule has 1 fully saturated rings. The highest BCUT2D eigenvalue weighted by molar-refractivity contribution is 7.89. The summed E-state index contributed by atoms with van der Waals surface area (Å²) in [5, 5.41) is 0. The summed E-state index contributed by atoms with van der Waals surface area (Å²) in [6, 6.07) is 3.49. The number of hydrogen-bond donors (Lipinski definition) is 2. The lowest BCUT2D eigenvalue weighted by Crippen LogP contribution is -2.40. The molecule has 0 saturated carbocycles. The molecular formula is C14H21FN2O3S. The SMILES string of the molecule is CC(NS(=O)(=O)c1ccc(F)c(CN)c1)C1CCOCC1. The van der Waals surface area contributed by atoms with E-state index in [0.717, 1.165) is 18.9 Å². The Labute approximate surface area is 124 Å². The highest BCUT2D eigenvalue weighted by Crippen LogP contribution is 2.21. The van der Waals surface area contributed by atoms with E-state index in [9.17, 15) is 12.8 Å². The van der Waals surface area contributed by atoms with E-state index in [1.165, 1.54) is 12.1 Å². The molecule has 5 nitrogen and oxygen atoms in total. The summed E-state index contributed by atoms with van der Waals surface area (Å²) in [5.41, 5.74) is 5.60. The molecule has 21 heavy (non-hydrogen) atoms. The second kappa shape index (κ2) is 6.83. The zero-order valence-corrected chi connectivity index (χ0v) is 12.8. The summed E-state index contributed by atoms with van der Waals surface area (Å²) < 4.78 is 46.1. The van der Waals surface area contributed by atoms with Crippen molar-refractivity contribution in [1.82, 2.24) is 4.72 Å². The van der Waals surface area contributed by atoms with E-state index in [-0.39, 0.29) is 29.0 Å². The Balaban J connectivity index is 2.14. The van der Waals surface area contributed by atoms with Crippen LogP contribution in [0.3, 0.4) is 0 Å². The molecule has 0 radical (unpaired) electrons. The van der Waals surface area contributed by atoms with Gasteiger partial charge < -0.3 is 10.5 Å². The van der Waals surface area contributed by atoms with Crippen molar-refractivity contribution in [2.24, 2.45) is 11.7 Å². The fourth-order valence-corrected chi connectivity index (χ4v) is 3.86. The highest BCUT2D eigenvalue weighted by Gasteiger charge is 2.25. The van der Waals surface area contributed by atoms with Crippen LogP contribution in [-0.4, -0.2) is 27.7 Å². The van der Waals surface area contributed by atoms with Crippen molar-refractivity contribution in [3.05, 3.63) is 29.6 Å². The summed E-state index contributed by atoms with van der Waals surface area (Å²) in [4.78, 5) is 0.0447. The maximum absolute atomic E-state index is 13.4. The van der Waals surface area contributed by atoms with Crippen molar-refractivity contribution in [3.63, 3.8) is 0 Å². The van der Waals surface area contributed by atoms with E-state index >= 15 is 0 Å². The first-order chi connectivity index (χ1) is 9.94. The molecule has 7 heteroatoms. The van der Waals surface area contributed by atoms with Crippen molar-refractivity contribution >= 4 is 10.0 Å². The van der Waals surface area contributed by atoms with Gasteiger partial charge in [0.2, 0.25) is 10.0 Å². The summed E-state index contributed by atoms with van der Waals surface area (Å²) in [5.74, 6) is -0.239. The van der Waals surface area contributed by atoms with Gasteiger partial charge in [-0.2, -0.15) is 0 Å². The third-order valence-corrected chi connectivity index (χ3v) is 5.42. The van der Waals surface area contributed by atoms with E-state index in [1.807, 2.05) is 6.92 Å². The lowest BCUT2D eigenvalue weighted by molar-refractivity contribution is 0.0585. The topological polar surface area (TPSA) is 81.4 Å². The van der Waals surface area contributed by atoms with Crippen molar-refractivity contribution in [2.45, 2.75) is 37.2 Å². The molecule has 0 bridgehead atoms. The first kappa shape index (κ1) is 16.4. The molecule has 2 rings (SSSR count). The van der Waals surface area contributed by atoms with E-state index in [1.54, 1.807) is 0 Å². The van der Waals surface area contributed by atoms with E-state index < -0.39 is 15.8 Å². The maximum Gasteiger partial charge on any atom is 0.240 e. The second-order valence-electron chi connectivity index (χ2n) is 5.32. The van der Waals surface area contributed by atoms with Gasteiger partial charge in [-0.25, -0.2) is 17.5 Å². The lowest BCUT2D eigenvalue weighted by atomic mass is 9.94. The fraction of sp³-hybridized carbons (Fsp3) is 0.571. The molecule has 1 aromatic rings. The molecule has 0 aliphatic carbocycles. The van der Waals surface area contributed by atoms with Gasteiger partial charge >= 0.3 is 0 Å². The number of benzene rings is 1. The Kier molecular flexibility index (Phi) is 5.32. The van der Waals surface area contributed by atoms with Gasteiger partial charge in [-0.05, 0) is 43.9 Å². The van der Waals surface area contributed by atoms with Gasteiger partial charge in [0.1, 0.15) is 5.82 Å². The molecule has 1 atom stereocenters. The number of nitrogens with two attached hydrogens (primary N) is 1. The number of ether oxygens (including phenoxy) is 1. The molecule has 3 N–H and O–H groups in total. The van der Waals surface area contributed by atoms with Crippen molar-refractivity contribution in [2.75, 3.05) is 13.2 Å². The molecule has 1 unspecified atom stereocenters. The van der Waals surface area contributed by atoms with Gasteiger partial charge in [-0.1, -0.05) is 0 Å². The Bertz CT molecular complexity index is 586. The summed E-state index contributed by atoms with van der Waals surface area (Å²) in [7, 11) is -3.67. The molecule has 0 spiro atoms. The molecule has 0 aromatic heterocycles. The molecule has 1 aliphatic rings. The Hall–Kier alpha value is -1.02. The van der Waals surface area contributed by atoms with E-state index in [2.05, 4.69) is 4.72 Å². The monoisotopic (exact) mass is 316 g/mol. The molecule has 1 saturated heterocycles.